The summed E-state index contributed by atoms with van der Waals surface area (Å²) in [7, 11) is -2.39. The molecule has 0 aliphatic heterocycles. The van der Waals surface area contributed by atoms with E-state index in [1.807, 2.05) is 19.1 Å². The molecule has 0 atom stereocenters. The number of halogens is 2. The van der Waals surface area contributed by atoms with Gasteiger partial charge in [-0.1, -0.05) is 50.9 Å². The minimum absolute atomic E-state index is 0.160. The summed E-state index contributed by atoms with van der Waals surface area (Å²) in [5, 5.41) is 30.9. The summed E-state index contributed by atoms with van der Waals surface area (Å²) in [6, 6.07) is 7.67. The van der Waals surface area contributed by atoms with Gasteiger partial charge in [0.15, 0.2) is 17.1 Å². The van der Waals surface area contributed by atoms with Gasteiger partial charge in [-0.2, -0.15) is 5.10 Å². The summed E-state index contributed by atoms with van der Waals surface area (Å²) in [5.74, 6) is -0.169. The van der Waals surface area contributed by atoms with E-state index in [-0.39, 0.29) is 31.8 Å². The zero-order valence-corrected chi connectivity index (χ0v) is 41.9. The van der Waals surface area contributed by atoms with Gasteiger partial charge in [-0.3, -0.25) is 9.59 Å². The fourth-order valence-electron chi connectivity index (χ4n) is 6.03. The number of aliphatic hydroxyl groups is 2. The number of nitrogens with zero attached hydrogens (tertiary/aromatic N) is 8. The Kier molecular flexibility index (Phi) is 15.6. The van der Waals surface area contributed by atoms with Gasteiger partial charge in [0.1, 0.15) is 29.1 Å². The lowest BCUT2D eigenvalue weighted by molar-refractivity contribution is 0.0850. The van der Waals surface area contributed by atoms with Crippen LogP contribution in [0.15, 0.2) is 47.6 Å². The number of aryl methyl sites for hydroxylation is 1. The lowest BCUT2D eigenvalue weighted by Gasteiger charge is -2.23. The third-order valence-electron chi connectivity index (χ3n) is 9.77. The second-order valence-corrected chi connectivity index (χ2v) is 31.6. The molecule has 16 nitrogen and oxygen atoms in total. The molecule has 62 heavy (non-hydrogen) atoms. The van der Waals surface area contributed by atoms with Crippen LogP contribution < -0.4 is 10.6 Å². The Morgan fingerprint density at radius 3 is 1.76 bits per heavy atom. The maximum absolute atomic E-state index is 13.2. The molecule has 0 spiro atoms. The number of rotatable bonds is 17. The number of hydrogen-bond donors (Lipinski definition) is 4. The largest absolute Gasteiger partial charge is 0.394 e. The van der Waals surface area contributed by atoms with Crippen LogP contribution in [0.25, 0.3) is 39.0 Å². The highest BCUT2D eigenvalue weighted by atomic mass is 79.9. The van der Waals surface area contributed by atoms with E-state index >= 15 is 0 Å². The molecule has 5 heterocycles. The van der Waals surface area contributed by atoms with Crippen molar-refractivity contribution in [3.05, 3.63) is 69.4 Å². The summed E-state index contributed by atoms with van der Waals surface area (Å²) in [6.07, 6.45) is 6.65. The van der Waals surface area contributed by atoms with Crippen molar-refractivity contribution in [3.63, 3.8) is 0 Å². The number of fused-ring (bicyclic) bond motifs is 3. The van der Waals surface area contributed by atoms with Crippen LogP contribution in [-0.2, 0) is 22.9 Å². The van der Waals surface area contributed by atoms with Crippen LogP contribution in [0.1, 0.15) is 54.1 Å². The van der Waals surface area contributed by atoms with Crippen LogP contribution >= 0.6 is 27.5 Å². The number of hydrogen-bond acceptors (Lipinski definition) is 11. The van der Waals surface area contributed by atoms with Gasteiger partial charge in [0.25, 0.3) is 11.8 Å². The van der Waals surface area contributed by atoms with E-state index in [4.69, 9.17) is 26.1 Å². The van der Waals surface area contributed by atoms with Gasteiger partial charge in [-0.25, -0.2) is 24.6 Å². The number of ether oxygens (including phenoxy) is 2. The Balaban J connectivity index is 0.000000247. The fraction of sp³-hybridized carbons (Fsp3) is 0.500. The summed E-state index contributed by atoms with van der Waals surface area (Å²) in [5.41, 5.74) is 2.95. The van der Waals surface area contributed by atoms with Crippen molar-refractivity contribution in [2.45, 2.75) is 111 Å². The number of nitrogens with one attached hydrogen (secondary N) is 2. The maximum atomic E-state index is 13.2. The van der Waals surface area contributed by atoms with Crippen molar-refractivity contribution in [2.75, 3.05) is 26.4 Å². The van der Waals surface area contributed by atoms with Crippen molar-refractivity contribution in [2.24, 2.45) is 0 Å². The van der Waals surface area contributed by atoms with Gasteiger partial charge in [0.05, 0.1) is 59.0 Å². The quantitative estimate of drug-likeness (QED) is 0.0521. The van der Waals surface area contributed by atoms with Crippen molar-refractivity contribution in [1.82, 2.24) is 49.5 Å². The molecule has 20 heteroatoms. The van der Waals surface area contributed by atoms with E-state index in [0.717, 1.165) is 28.7 Å². The van der Waals surface area contributed by atoms with Gasteiger partial charge >= 0.3 is 0 Å². The average molecular weight is 973 g/mol. The highest BCUT2D eigenvalue weighted by molar-refractivity contribution is 9.10. The normalized spacial score (nSPS) is 12.6. The van der Waals surface area contributed by atoms with E-state index in [2.05, 4.69) is 85.9 Å². The molecule has 336 valence electrons. The standard InChI is InChI=1S/C25H33ClN6O3Si.C17H27BrN4O3Si/c1-16-18-11-17(26)7-8-20(18)32(30-16)21-12-27-23-22(28-21)19(24(34)29-25(2,3)14-33)13-31(23)15-35-9-10-36(4,5)6;1-17(2,10-23)21-16(24)12-9-22(11-25-6-7-26(3,4)5)15-14(12)20-13(18)8-19-15/h7-8,11-13,33H,9-10,14-15H2,1-6H3,(H,29,34);8-9,23H,6-7,10-11H2,1-5H3,(H,21,24). The smallest absolute Gasteiger partial charge is 0.255 e. The Bertz CT molecular complexity index is 2540. The molecule has 0 aliphatic rings. The van der Waals surface area contributed by atoms with E-state index in [1.54, 1.807) is 72.4 Å². The Hall–Kier alpha value is -4.09. The average Bonchev–Trinajstić information content (AvgIpc) is 3.84. The minimum Gasteiger partial charge on any atom is -0.394 e. The second kappa shape index (κ2) is 19.8. The van der Waals surface area contributed by atoms with Gasteiger partial charge < -0.3 is 39.5 Å². The van der Waals surface area contributed by atoms with Crippen LogP contribution in [0, 0.1) is 6.92 Å². The first-order chi connectivity index (χ1) is 28.9. The molecule has 5 aromatic heterocycles. The highest BCUT2D eigenvalue weighted by Gasteiger charge is 2.27. The molecular weight excluding hydrogens is 912 g/mol. The Labute approximate surface area is 377 Å². The first-order valence-electron chi connectivity index (χ1n) is 20.5. The van der Waals surface area contributed by atoms with Crippen LogP contribution in [0.5, 0.6) is 0 Å². The van der Waals surface area contributed by atoms with E-state index in [1.165, 1.54) is 0 Å². The van der Waals surface area contributed by atoms with Crippen LogP contribution in [0.3, 0.4) is 0 Å². The number of benzene rings is 1. The molecule has 4 N–H and O–H groups in total. The lowest BCUT2D eigenvalue weighted by atomic mass is 10.1. The molecule has 6 aromatic rings. The molecule has 1 aromatic carbocycles. The van der Waals surface area contributed by atoms with Crippen molar-refractivity contribution in [1.29, 1.82) is 0 Å². The zero-order chi connectivity index (χ0) is 45.8. The van der Waals surface area contributed by atoms with E-state index in [0.29, 0.717) is 68.8 Å². The van der Waals surface area contributed by atoms with Crippen LogP contribution in [0.4, 0.5) is 0 Å². The number of aromatic nitrogens is 8. The molecule has 0 aliphatic carbocycles. The minimum atomic E-state index is -1.23. The number of aliphatic hydroxyl groups excluding tert-OH is 2. The molecule has 0 saturated carbocycles. The van der Waals surface area contributed by atoms with Crippen molar-refractivity contribution < 1.29 is 29.3 Å². The maximum Gasteiger partial charge on any atom is 0.255 e. The van der Waals surface area contributed by atoms with Gasteiger partial charge in [0.2, 0.25) is 0 Å². The molecular formula is C42H60BrClN10O6Si2. The van der Waals surface area contributed by atoms with Crippen LogP contribution in [-0.4, -0.2) is 115 Å². The second-order valence-electron chi connectivity index (χ2n) is 19.1. The van der Waals surface area contributed by atoms with Gasteiger partial charge in [-0.15, -0.1) is 0 Å². The van der Waals surface area contributed by atoms with Gasteiger partial charge in [-0.05, 0) is 80.8 Å². The van der Waals surface area contributed by atoms with Gasteiger partial charge in [0, 0.05) is 52.2 Å². The predicted octanol–water partition coefficient (Wildman–Crippen LogP) is 7.55. The first kappa shape index (κ1) is 48.9. The highest BCUT2D eigenvalue weighted by Crippen LogP contribution is 2.27. The topological polar surface area (TPSA) is 196 Å². The van der Waals surface area contributed by atoms with E-state index in [9.17, 15) is 19.8 Å². The van der Waals surface area contributed by atoms with Crippen molar-refractivity contribution in [3.8, 4) is 5.82 Å². The third-order valence-corrected chi connectivity index (χ3v) is 13.8. The Morgan fingerprint density at radius 1 is 0.790 bits per heavy atom. The summed E-state index contributed by atoms with van der Waals surface area (Å²) < 4.78 is 17.6. The van der Waals surface area contributed by atoms with Crippen molar-refractivity contribution >= 4 is 88.7 Å². The summed E-state index contributed by atoms with van der Waals surface area (Å²) in [4.78, 5) is 44.1. The molecule has 0 bridgehead atoms. The molecule has 0 fully saturated rings. The summed E-state index contributed by atoms with van der Waals surface area (Å²) >= 11 is 9.49. The molecule has 2 amide bonds. The molecule has 6 rings (SSSR count). The fourth-order valence-corrected chi connectivity index (χ4v) is 8.00. The first-order valence-corrected chi connectivity index (χ1v) is 29.0. The SMILES string of the molecule is CC(C)(CO)NC(=O)c1cn(COCC[Si](C)(C)C)c2ncc(Br)nc12.Cc1nn(-c2cnc3c(n2)c(C(=O)NC(C)(C)CO)cn3COCC[Si](C)(C)C)c2ccc(Cl)cc12. The molecule has 0 saturated heterocycles. The third kappa shape index (κ3) is 12.8. The monoisotopic (exact) mass is 970 g/mol. The number of carbonyl (C=O) groups excluding carboxylic acids is 2. The Morgan fingerprint density at radius 2 is 1.27 bits per heavy atom. The zero-order valence-electron chi connectivity index (χ0n) is 37.6. The lowest BCUT2D eigenvalue weighted by Crippen LogP contribution is -2.46. The summed E-state index contributed by atoms with van der Waals surface area (Å²) in [6.45, 7) is 24.3. The van der Waals surface area contributed by atoms with Crippen LogP contribution in [0.2, 0.25) is 56.4 Å². The number of carbonyl (C=O) groups is 2. The number of amides is 2. The molecule has 0 unspecified atom stereocenters. The predicted molar refractivity (Wildman–Crippen MR) is 253 cm³/mol. The van der Waals surface area contributed by atoms with E-state index < -0.39 is 27.2 Å². The molecule has 0 radical (unpaired) electrons.